The van der Waals surface area contributed by atoms with Crippen LogP contribution in [0.25, 0.3) is 0 Å². The molecule has 5 heteroatoms. The van der Waals surface area contributed by atoms with Gasteiger partial charge in [0.05, 0.1) is 11.7 Å². The quantitative estimate of drug-likeness (QED) is 0.920. The topological polar surface area (TPSA) is 50.2 Å². The molecule has 5 nitrogen and oxygen atoms in total. The minimum absolute atomic E-state index is 0.106. The summed E-state index contributed by atoms with van der Waals surface area (Å²) in [4.78, 5) is 14.8. The van der Waals surface area contributed by atoms with Crippen molar-refractivity contribution >= 4 is 11.7 Å². The fraction of sp³-hybridized carbons (Fsp3) is 0.474. The molecule has 1 aromatic carbocycles. The molecule has 0 bridgehead atoms. The van der Waals surface area contributed by atoms with E-state index in [9.17, 15) is 4.79 Å². The second-order valence-corrected chi connectivity index (χ2v) is 6.99. The summed E-state index contributed by atoms with van der Waals surface area (Å²) < 4.78 is 1.80. The number of aromatic nitrogens is 2. The van der Waals surface area contributed by atoms with Crippen LogP contribution in [0.15, 0.2) is 36.4 Å². The Bertz CT molecular complexity index is 735. The number of aryl methyl sites for hydroxylation is 2. The van der Waals surface area contributed by atoms with Crippen LogP contribution in [-0.4, -0.2) is 28.3 Å². The van der Waals surface area contributed by atoms with E-state index in [1.807, 2.05) is 31.0 Å². The van der Waals surface area contributed by atoms with Crippen LogP contribution >= 0.6 is 0 Å². The van der Waals surface area contributed by atoms with Crippen molar-refractivity contribution in [2.24, 2.45) is 13.0 Å². The van der Waals surface area contributed by atoms with Gasteiger partial charge in [0, 0.05) is 25.7 Å². The Morgan fingerprint density at radius 3 is 2.58 bits per heavy atom. The molecule has 126 valence electrons. The van der Waals surface area contributed by atoms with Crippen LogP contribution < -0.4 is 10.2 Å². The third-order valence-electron chi connectivity index (χ3n) is 5.09. The Hall–Kier alpha value is -2.14. The molecule has 24 heavy (non-hydrogen) atoms. The fourth-order valence-electron chi connectivity index (χ4n) is 3.72. The zero-order chi connectivity index (χ0) is 16.7. The molecule has 1 aliphatic heterocycles. The Morgan fingerprint density at radius 2 is 1.96 bits per heavy atom. The van der Waals surface area contributed by atoms with Crippen LogP contribution in [-0.2, 0) is 11.8 Å². The fourth-order valence-corrected chi connectivity index (χ4v) is 3.72. The van der Waals surface area contributed by atoms with Crippen molar-refractivity contribution in [1.82, 2.24) is 15.1 Å². The van der Waals surface area contributed by atoms with E-state index in [1.54, 1.807) is 4.68 Å². The average molecular weight is 324 g/mol. The zero-order valence-electron chi connectivity index (χ0n) is 14.3. The monoisotopic (exact) mass is 324 g/mol. The number of hydrogen-bond acceptors (Lipinski definition) is 3. The van der Waals surface area contributed by atoms with Crippen LogP contribution in [0, 0.1) is 12.8 Å². The van der Waals surface area contributed by atoms with Gasteiger partial charge in [-0.1, -0.05) is 30.3 Å². The number of carbonyl (C=O) groups excluding carboxylic acids is 1. The van der Waals surface area contributed by atoms with Crippen molar-refractivity contribution < 1.29 is 4.79 Å². The normalized spacial score (nSPS) is 22.2. The lowest BCUT2D eigenvalue weighted by Gasteiger charge is -2.23. The molecule has 1 saturated heterocycles. The third kappa shape index (κ3) is 2.84. The minimum Gasteiger partial charge on any atom is -0.299 e. The molecule has 4 rings (SSSR count). The Kier molecular flexibility index (Phi) is 3.88. The van der Waals surface area contributed by atoms with Gasteiger partial charge in [0.15, 0.2) is 0 Å². The third-order valence-corrected chi connectivity index (χ3v) is 5.09. The molecular formula is C19H24N4O. The zero-order valence-corrected chi connectivity index (χ0v) is 14.3. The standard InChI is InChI=1S/C19H24N4O/c1-13-12-17(22(2)21-13)23-11-10-16(19(23)24)20-18(15-8-9-15)14-6-4-3-5-7-14/h3-7,12,15-16,18,20H,8-11H2,1-2H3. The number of carbonyl (C=O) groups is 1. The molecule has 1 aromatic heterocycles. The highest BCUT2D eigenvalue weighted by Gasteiger charge is 2.39. The lowest BCUT2D eigenvalue weighted by Crippen LogP contribution is -2.41. The maximum atomic E-state index is 12.9. The number of anilines is 1. The lowest BCUT2D eigenvalue weighted by molar-refractivity contribution is -0.119. The molecule has 2 aromatic rings. The largest absolute Gasteiger partial charge is 0.299 e. The maximum absolute atomic E-state index is 12.9. The van der Waals surface area contributed by atoms with Crippen molar-refractivity contribution in [3.63, 3.8) is 0 Å². The predicted molar refractivity (Wildman–Crippen MR) is 93.7 cm³/mol. The van der Waals surface area contributed by atoms with E-state index < -0.39 is 0 Å². The van der Waals surface area contributed by atoms with Crippen molar-refractivity contribution in [1.29, 1.82) is 0 Å². The van der Waals surface area contributed by atoms with E-state index in [4.69, 9.17) is 0 Å². The van der Waals surface area contributed by atoms with Crippen LogP contribution in [0.5, 0.6) is 0 Å². The van der Waals surface area contributed by atoms with Gasteiger partial charge in [-0.15, -0.1) is 0 Å². The van der Waals surface area contributed by atoms with Crippen LogP contribution in [0.3, 0.4) is 0 Å². The molecule has 2 unspecified atom stereocenters. The Labute approximate surface area is 142 Å². The van der Waals surface area contributed by atoms with Gasteiger partial charge >= 0.3 is 0 Å². The first-order valence-corrected chi connectivity index (χ1v) is 8.76. The molecule has 1 aliphatic carbocycles. The highest BCUT2D eigenvalue weighted by atomic mass is 16.2. The van der Waals surface area contributed by atoms with Gasteiger partial charge < -0.3 is 0 Å². The summed E-state index contributed by atoms with van der Waals surface area (Å²) in [5.74, 6) is 1.72. The van der Waals surface area contributed by atoms with E-state index in [-0.39, 0.29) is 18.0 Å². The molecule has 1 amide bonds. The SMILES string of the molecule is Cc1cc(N2CCC(NC(c3ccccc3)C3CC3)C2=O)n(C)n1. The second kappa shape index (κ2) is 6.06. The van der Waals surface area contributed by atoms with E-state index in [2.05, 4.69) is 34.7 Å². The summed E-state index contributed by atoms with van der Waals surface area (Å²) in [6.07, 6.45) is 3.34. The van der Waals surface area contributed by atoms with Crippen LogP contribution in [0.4, 0.5) is 5.82 Å². The Morgan fingerprint density at radius 1 is 1.21 bits per heavy atom. The molecule has 1 N–H and O–H groups in total. The Balaban J connectivity index is 1.51. The number of hydrogen-bond donors (Lipinski definition) is 1. The number of amides is 1. The number of benzene rings is 1. The molecule has 2 fully saturated rings. The number of rotatable bonds is 5. The first-order valence-electron chi connectivity index (χ1n) is 8.76. The van der Waals surface area contributed by atoms with Crippen molar-refractivity contribution in [2.45, 2.75) is 38.3 Å². The van der Waals surface area contributed by atoms with Gasteiger partial charge in [0.1, 0.15) is 5.82 Å². The van der Waals surface area contributed by atoms with E-state index in [1.165, 1.54) is 18.4 Å². The summed E-state index contributed by atoms with van der Waals surface area (Å²) in [5, 5.41) is 8.01. The van der Waals surface area contributed by atoms with Gasteiger partial charge in [0.25, 0.3) is 0 Å². The van der Waals surface area contributed by atoms with Gasteiger partial charge in [-0.25, -0.2) is 0 Å². The summed E-state index contributed by atoms with van der Waals surface area (Å²) in [6.45, 7) is 2.71. The summed E-state index contributed by atoms with van der Waals surface area (Å²) in [5.41, 5.74) is 2.24. The smallest absolute Gasteiger partial charge is 0.245 e. The molecule has 1 saturated carbocycles. The van der Waals surface area contributed by atoms with Gasteiger partial charge in [-0.3, -0.25) is 19.7 Å². The minimum atomic E-state index is -0.106. The molecule has 2 heterocycles. The summed E-state index contributed by atoms with van der Waals surface area (Å²) in [6, 6.07) is 12.7. The van der Waals surface area contributed by atoms with Gasteiger partial charge in [-0.2, -0.15) is 5.10 Å². The highest BCUT2D eigenvalue weighted by molar-refractivity contribution is 5.98. The van der Waals surface area contributed by atoms with Gasteiger partial charge in [-0.05, 0) is 37.7 Å². The van der Waals surface area contributed by atoms with Crippen LogP contribution in [0.1, 0.15) is 36.6 Å². The highest BCUT2D eigenvalue weighted by Crippen LogP contribution is 2.41. The molecule has 0 radical (unpaired) electrons. The maximum Gasteiger partial charge on any atom is 0.245 e. The second-order valence-electron chi connectivity index (χ2n) is 6.99. The van der Waals surface area contributed by atoms with Crippen LogP contribution in [0.2, 0.25) is 0 Å². The summed E-state index contributed by atoms with van der Waals surface area (Å²) >= 11 is 0. The molecule has 2 aliphatic rings. The number of nitrogens with one attached hydrogen (secondary N) is 1. The average Bonchev–Trinajstić information content (AvgIpc) is 3.28. The van der Waals surface area contributed by atoms with Crippen molar-refractivity contribution in [3.8, 4) is 0 Å². The molecule has 0 spiro atoms. The molecule has 2 atom stereocenters. The lowest BCUT2D eigenvalue weighted by atomic mass is 10.0. The van der Waals surface area contributed by atoms with E-state index in [0.29, 0.717) is 5.92 Å². The first kappa shape index (κ1) is 15.4. The summed E-state index contributed by atoms with van der Waals surface area (Å²) in [7, 11) is 1.90. The van der Waals surface area contributed by atoms with E-state index >= 15 is 0 Å². The molecular weight excluding hydrogens is 300 g/mol. The van der Waals surface area contributed by atoms with Crippen molar-refractivity contribution in [2.75, 3.05) is 11.4 Å². The van der Waals surface area contributed by atoms with Crippen molar-refractivity contribution in [3.05, 3.63) is 47.7 Å². The predicted octanol–water partition coefficient (Wildman–Crippen LogP) is 2.57. The number of nitrogens with zero attached hydrogens (tertiary/aromatic N) is 3. The van der Waals surface area contributed by atoms with E-state index in [0.717, 1.165) is 24.5 Å². The van der Waals surface area contributed by atoms with Gasteiger partial charge in [0.2, 0.25) is 5.91 Å². The first-order chi connectivity index (χ1) is 11.6.